The van der Waals surface area contributed by atoms with Gasteiger partial charge in [-0.3, -0.25) is 4.79 Å². The summed E-state index contributed by atoms with van der Waals surface area (Å²) in [5.41, 5.74) is 3.43. The fourth-order valence-electron chi connectivity index (χ4n) is 3.91. The molecule has 2 aromatic rings. The zero-order valence-electron chi connectivity index (χ0n) is 17.9. The number of ether oxygens (including phenoxy) is 2. The molecule has 0 N–H and O–H groups in total. The van der Waals surface area contributed by atoms with Gasteiger partial charge in [-0.25, -0.2) is 0 Å². The summed E-state index contributed by atoms with van der Waals surface area (Å²) >= 11 is 3.49. The number of halogens is 1. The van der Waals surface area contributed by atoms with Crippen LogP contribution in [0.25, 0.3) is 0 Å². The van der Waals surface area contributed by atoms with Crippen molar-refractivity contribution < 1.29 is 14.3 Å². The summed E-state index contributed by atoms with van der Waals surface area (Å²) in [7, 11) is 3.29. The molecule has 1 aliphatic rings. The maximum Gasteiger partial charge on any atom is 0.226 e. The van der Waals surface area contributed by atoms with Gasteiger partial charge >= 0.3 is 0 Å². The lowest BCUT2D eigenvalue weighted by Gasteiger charge is -2.37. The summed E-state index contributed by atoms with van der Waals surface area (Å²) in [6.07, 6.45) is 1.57. The Bertz CT molecular complexity index is 871. The number of hydrogen-bond acceptors (Lipinski definition) is 3. The van der Waals surface area contributed by atoms with Crippen molar-refractivity contribution in [3.8, 4) is 11.5 Å². The van der Waals surface area contributed by atoms with Gasteiger partial charge < -0.3 is 14.4 Å². The molecule has 3 rings (SSSR count). The second-order valence-electron chi connectivity index (χ2n) is 8.73. The van der Waals surface area contributed by atoms with Crippen molar-refractivity contribution >= 4 is 21.8 Å². The van der Waals surface area contributed by atoms with Crippen molar-refractivity contribution in [2.24, 2.45) is 11.3 Å². The molecule has 0 saturated heterocycles. The van der Waals surface area contributed by atoms with Gasteiger partial charge in [-0.1, -0.05) is 48.8 Å². The van der Waals surface area contributed by atoms with Crippen LogP contribution in [0.5, 0.6) is 11.5 Å². The topological polar surface area (TPSA) is 38.8 Å². The third-order valence-electron chi connectivity index (χ3n) is 5.73. The van der Waals surface area contributed by atoms with Gasteiger partial charge in [0, 0.05) is 23.5 Å². The lowest BCUT2D eigenvalue weighted by Crippen LogP contribution is -2.44. The minimum absolute atomic E-state index is 0.0784. The summed E-state index contributed by atoms with van der Waals surface area (Å²) < 4.78 is 11.9. The molecule has 0 saturated carbocycles. The highest BCUT2D eigenvalue weighted by atomic mass is 79.9. The second-order valence-corrected chi connectivity index (χ2v) is 9.65. The average Bonchev–Trinajstić information content (AvgIpc) is 2.70. The van der Waals surface area contributed by atoms with Crippen LogP contribution < -0.4 is 9.47 Å². The molecule has 5 heteroatoms. The number of carbonyl (C=O) groups excluding carboxylic acids is 1. The summed E-state index contributed by atoms with van der Waals surface area (Å²) in [6, 6.07) is 12.3. The van der Waals surface area contributed by atoms with Gasteiger partial charge in [0.15, 0.2) is 11.5 Å². The first-order valence-corrected chi connectivity index (χ1v) is 10.8. The molecule has 2 aromatic carbocycles. The van der Waals surface area contributed by atoms with Crippen LogP contribution in [0.2, 0.25) is 0 Å². The van der Waals surface area contributed by atoms with Crippen LogP contribution >= 0.6 is 15.9 Å². The van der Waals surface area contributed by atoms with Crippen LogP contribution in [0, 0.1) is 11.3 Å². The van der Waals surface area contributed by atoms with Crippen molar-refractivity contribution in [2.45, 2.75) is 40.2 Å². The smallest absolute Gasteiger partial charge is 0.226 e. The number of methoxy groups -OCH3 is 2. The van der Waals surface area contributed by atoms with E-state index in [2.05, 4.69) is 48.8 Å². The summed E-state index contributed by atoms with van der Waals surface area (Å²) in [4.78, 5) is 15.6. The summed E-state index contributed by atoms with van der Waals surface area (Å²) in [6.45, 7) is 7.80. The molecule has 29 heavy (non-hydrogen) atoms. The number of benzene rings is 2. The molecular weight excluding hydrogens is 430 g/mol. The van der Waals surface area contributed by atoms with Gasteiger partial charge in [0.25, 0.3) is 0 Å². The van der Waals surface area contributed by atoms with Gasteiger partial charge in [0.05, 0.1) is 14.2 Å². The Kier molecular flexibility index (Phi) is 6.57. The number of hydrogen-bond donors (Lipinski definition) is 0. The van der Waals surface area contributed by atoms with Crippen molar-refractivity contribution in [3.63, 3.8) is 0 Å². The van der Waals surface area contributed by atoms with E-state index in [1.54, 1.807) is 14.2 Å². The minimum atomic E-state index is -0.123. The van der Waals surface area contributed by atoms with Crippen LogP contribution in [0.1, 0.15) is 37.5 Å². The van der Waals surface area contributed by atoms with Gasteiger partial charge in [-0.05, 0) is 59.2 Å². The van der Waals surface area contributed by atoms with Crippen LogP contribution in [0.3, 0.4) is 0 Å². The first-order chi connectivity index (χ1) is 13.7. The molecule has 0 spiro atoms. The molecule has 0 aliphatic carbocycles. The Hall–Kier alpha value is -2.01. The SMILES string of the molecule is COc1cc2c(cc1OC)CN(C(=O)[C@@H](Cc1ccc(Br)cc1)C(C)(C)C)CC2. The third-order valence-corrected chi connectivity index (χ3v) is 6.25. The van der Waals surface area contributed by atoms with E-state index in [-0.39, 0.29) is 17.2 Å². The number of rotatable bonds is 5. The zero-order chi connectivity index (χ0) is 21.2. The van der Waals surface area contributed by atoms with E-state index in [1.165, 1.54) is 11.1 Å². The molecule has 4 nitrogen and oxygen atoms in total. The fourth-order valence-corrected chi connectivity index (χ4v) is 4.18. The quantitative estimate of drug-likeness (QED) is 0.612. The Labute approximate surface area is 182 Å². The largest absolute Gasteiger partial charge is 0.493 e. The lowest BCUT2D eigenvalue weighted by atomic mass is 9.76. The highest BCUT2D eigenvalue weighted by Crippen LogP contribution is 2.36. The molecule has 1 amide bonds. The highest BCUT2D eigenvalue weighted by Gasteiger charge is 2.35. The highest BCUT2D eigenvalue weighted by molar-refractivity contribution is 9.10. The molecule has 0 unspecified atom stereocenters. The molecule has 1 atom stereocenters. The Morgan fingerprint density at radius 1 is 1.07 bits per heavy atom. The normalized spacial score (nSPS) is 14.9. The summed E-state index contributed by atoms with van der Waals surface area (Å²) in [5, 5.41) is 0. The van der Waals surface area contributed by atoms with Gasteiger partial charge in [0.1, 0.15) is 0 Å². The molecule has 1 aliphatic heterocycles. The van der Waals surface area contributed by atoms with Crippen LogP contribution in [-0.2, 0) is 24.2 Å². The lowest BCUT2D eigenvalue weighted by molar-refractivity contribution is -0.140. The van der Waals surface area contributed by atoms with E-state index < -0.39 is 0 Å². The van der Waals surface area contributed by atoms with E-state index in [0.29, 0.717) is 12.3 Å². The Balaban J connectivity index is 1.83. The molecule has 0 bridgehead atoms. The monoisotopic (exact) mass is 459 g/mol. The molecule has 1 heterocycles. The maximum atomic E-state index is 13.6. The van der Waals surface area contributed by atoms with Crippen molar-refractivity contribution in [1.29, 1.82) is 0 Å². The Morgan fingerprint density at radius 2 is 1.66 bits per heavy atom. The van der Waals surface area contributed by atoms with Gasteiger partial charge in [-0.15, -0.1) is 0 Å². The number of amides is 1. The zero-order valence-corrected chi connectivity index (χ0v) is 19.5. The first kappa shape index (κ1) is 21.7. The third kappa shape index (κ3) is 4.95. The van der Waals surface area contributed by atoms with Crippen molar-refractivity contribution in [1.82, 2.24) is 4.90 Å². The molecule has 0 aromatic heterocycles. The van der Waals surface area contributed by atoms with Crippen LogP contribution in [-0.4, -0.2) is 31.6 Å². The van der Waals surface area contributed by atoms with E-state index >= 15 is 0 Å². The van der Waals surface area contributed by atoms with E-state index in [4.69, 9.17) is 9.47 Å². The number of nitrogens with zero attached hydrogens (tertiary/aromatic N) is 1. The van der Waals surface area contributed by atoms with E-state index in [9.17, 15) is 4.79 Å². The van der Waals surface area contributed by atoms with E-state index in [0.717, 1.165) is 35.2 Å². The second kappa shape index (κ2) is 8.78. The van der Waals surface area contributed by atoms with Crippen molar-refractivity contribution in [3.05, 3.63) is 57.6 Å². The average molecular weight is 460 g/mol. The standard InChI is InChI=1S/C24H30BrNO3/c1-24(2,3)20(12-16-6-8-19(25)9-7-16)23(27)26-11-10-17-13-21(28-4)22(29-5)14-18(17)15-26/h6-9,13-14,20H,10-12,15H2,1-5H3/t20-/m1/s1. The molecule has 0 radical (unpaired) electrons. The van der Waals surface area contributed by atoms with E-state index in [1.807, 2.05) is 29.2 Å². The molecule has 0 fully saturated rings. The van der Waals surface area contributed by atoms with Gasteiger partial charge in [-0.2, -0.15) is 0 Å². The van der Waals surface area contributed by atoms with Crippen LogP contribution in [0.15, 0.2) is 40.9 Å². The summed E-state index contributed by atoms with van der Waals surface area (Å²) in [5.74, 6) is 1.60. The molecule has 156 valence electrons. The number of carbonyl (C=O) groups is 1. The van der Waals surface area contributed by atoms with Gasteiger partial charge in [0.2, 0.25) is 5.91 Å². The predicted molar refractivity (Wildman–Crippen MR) is 119 cm³/mol. The minimum Gasteiger partial charge on any atom is -0.493 e. The van der Waals surface area contributed by atoms with Crippen molar-refractivity contribution in [2.75, 3.05) is 20.8 Å². The fraction of sp³-hybridized carbons (Fsp3) is 0.458. The number of fused-ring (bicyclic) bond motifs is 1. The first-order valence-electron chi connectivity index (χ1n) is 10.00. The predicted octanol–water partition coefficient (Wildman–Crippen LogP) is 5.26. The molecular formula is C24H30BrNO3. The maximum absolute atomic E-state index is 13.6. The Morgan fingerprint density at radius 3 is 2.21 bits per heavy atom. The van der Waals surface area contributed by atoms with Crippen LogP contribution in [0.4, 0.5) is 0 Å².